The number of amides is 1. The van der Waals surface area contributed by atoms with Crippen LogP contribution in [0.25, 0.3) is 11.5 Å². The molecule has 0 spiro atoms. The second-order valence-corrected chi connectivity index (χ2v) is 5.59. The van der Waals surface area contributed by atoms with Gasteiger partial charge in [0, 0.05) is 11.3 Å². The Morgan fingerprint density at radius 3 is 3.00 bits per heavy atom. The molecule has 0 bridgehead atoms. The summed E-state index contributed by atoms with van der Waals surface area (Å²) < 4.78 is 5.19. The lowest BCUT2D eigenvalue weighted by Crippen LogP contribution is -2.48. The highest BCUT2D eigenvalue weighted by molar-refractivity contribution is 5.99. The number of nitrogens with one attached hydrogen (secondary N) is 2. The van der Waals surface area contributed by atoms with E-state index < -0.39 is 5.54 Å². The van der Waals surface area contributed by atoms with Crippen LogP contribution in [0.2, 0.25) is 0 Å². The lowest BCUT2D eigenvalue weighted by molar-refractivity contribution is -0.121. The van der Waals surface area contributed by atoms with E-state index in [0.29, 0.717) is 5.89 Å². The van der Waals surface area contributed by atoms with E-state index in [1.807, 2.05) is 32.0 Å². The van der Waals surface area contributed by atoms with Gasteiger partial charge in [0.1, 0.15) is 0 Å². The molecule has 0 aliphatic carbocycles. The Morgan fingerprint density at radius 1 is 1.48 bits per heavy atom. The van der Waals surface area contributed by atoms with E-state index in [2.05, 4.69) is 20.8 Å². The second kappa shape index (κ2) is 5.29. The first-order chi connectivity index (χ1) is 10.1. The fourth-order valence-corrected chi connectivity index (χ4v) is 2.54. The van der Waals surface area contributed by atoms with Gasteiger partial charge in [-0.15, -0.1) is 10.2 Å². The summed E-state index contributed by atoms with van der Waals surface area (Å²) in [6, 6.07) is 5.69. The monoisotopic (exact) mass is 286 g/mol. The zero-order valence-corrected chi connectivity index (χ0v) is 12.1. The van der Waals surface area contributed by atoms with Gasteiger partial charge in [0.2, 0.25) is 18.2 Å². The van der Waals surface area contributed by atoms with Gasteiger partial charge < -0.3 is 15.1 Å². The van der Waals surface area contributed by atoms with Crippen LogP contribution in [0.1, 0.15) is 25.3 Å². The molecule has 6 nitrogen and oxygen atoms in total. The summed E-state index contributed by atoms with van der Waals surface area (Å²) in [5.74, 6) is 0.432. The summed E-state index contributed by atoms with van der Waals surface area (Å²) in [5, 5.41) is 13.8. The molecule has 1 aromatic carbocycles. The Labute approximate surface area is 123 Å². The second-order valence-electron chi connectivity index (χ2n) is 5.59. The molecular weight excluding hydrogens is 268 g/mol. The molecule has 21 heavy (non-hydrogen) atoms. The number of aryl methyl sites for hydroxylation is 1. The van der Waals surface area contributed by atoms with Crippen LogP contribution in [-0.2, 0) is 4.79 Å². The highest BCUT2D eigenvalue weighted by atomic mass is 16.4. The molecule has 6 heteroatoms. The zero-order chi connectivity index (χ0) is 14.9. The standard InChI is InChI=1S/C15H18N4O2/c1-10-4-5-11(13-19-17-9-21-13)8-12(10)18-14(20)15(2)6-3-7-16-15/h4-5,8-9,16H,3,6-7H2,1-2H3,(H,18,20). The van der Waals surface area contributed by atoms with E-state index in [1.165, 1.54) is 6.39 Å². The van der Waals surface area contributed by atoms with Gasteiger partial charge in [-0.05, 0) is 50.9 Å². The fraction of sp³-hybridized carbons (Fsp3) is 0.400. The van der Waals surface area contributed by atoms with E-state index in [4.69, 9.17) is 4.42 Å². The van der Waals surface area contributed by atoms with E-state index in [1.54, 1.807) is 0 Å². The summed E-state index contributed by atoms with van der Waals surface area (Å²) in [4.78, 5) is 12.5. The summed E-state index contributed by atoms with van der Waals surface area (Å²) in [7, 11) is 0. The first-order valence-electron chi connectivity index (χ1n) is 7.02. The highest BCUT2D eigenvalue weighted by Gasteiger charge is 2.36. The number of carbonyl (C=O) groups excluding carboxylic acids is 1. The maximum Gasteiger partial charge on any atom is 0.247 e. The minimum atomic E-state index is -0.493. The summed E-state index contributed by atoms with van der Waals surface area (Å²) in [6.45, 7) is 4.77. The first kappa shape index (κ1) is 13.8. The van der Waals surface area contributed by atoms with Crippen LogP contribution in [-0.4, -0.2) is 28.2 Å². The van der Waals surface area contributed by atoms with Crippen LogP contribution in [0.15, 0.2) is 29.0 Å². The van der Waals surface area contributed by atoms with Gasteiger partial charge in [0.25, 0.3) is 0 Å². The normalized spacial score (nSPS) is 21.4. The number of hydrogen-bond acceptors (Lipinski definition) is 5. The predicted octanol–water partition coefficient (Wildman–Crippen LogP) is 2.13. The molecule has 1 amide bonds. The smallest absolute Gasteiger partial charge is 0.247 e. The van der Waals surface area contributed by atoms with Crippen LogP contribution in [0.3, 0.4) is 0 Å². The lowest BCUT2D eigenvalue weighted by Gasteiger charge is -2.23. The zero-order valence-electron chi connectivity index (χ0n) is 12.1. The number of carbonyl (C=O) groups is 1. The maximum absolute atomic E-state index is 12.5. The molecule has 1 saturated heterocycles. The van der Waals surface area contributed by atoms with Crippen LogP contribution < -0.4 is 10.6 Å². The van der Waals surface area contributed by atoms with Gasteiger partial charge in [0.15, 0.2) is 0 Å². The summed E-state index contributed by atoms with van der Waals surface area (Å²) >= 11 is 0. The number of hydrogen-bond donors (Lipinski definition) is 2. The van der Waals surface area contributed by atoms with Gasteiger partial charge in [-0.2, -0.15) is 0 Å². The fourth-order valence-electron chi connectivity index (χ4n) is 2.54. The molecule has 0 radical (unpaired) electrons. The predicted molar refractivity (Wildman–Crippen MR) is 78.7 cm³/mol. The molecular formula is C15H18N4O2. The Morgan fingerprint density at radius 2 is 2.33 bits per heavy atom. The Hall–Kier alpha value is -2.21. The number of nitrogens with zero attached hydrogens (tertiary/aromatic N) is 2. The van der Waals surface area contributed by atoms with Crippen molar-refractivity contribution in [3.8, 4) is 11.5 Å². The molecule has 1 aliphatic heterocycles. The van der Waals surface area contributed by atoms with Crippen molar-refractivity contribution in [1.29, 1.82) is 0 Å². The molecule has 1 unspecified atom stereocenters. The van der Waals surface area contributed by atoms with Crippen molar-refractivity contribution in [1.82, 2.24) is 15.5 Å². The molecule has 3 rings (SSSR count). The van der Waals surface area contributed by atoms with Crippen molar-refractivity contribution in [2.75, 3.05) is 11.9 Å². The van der Waals surface area contributed by atoms with Crippen LogP contribution in [0.4, 0.5) is 5.69 Å². The Bertz CT molecular complexity index is 646. The number of benzene rings is 1. The molecule has 1 aromatic heterocycles. The van der Waals surface area contributed by atoms with Gasteiger partial charge >= 0.3 is 0 Å². The van der Waals surface area contributed by atoms with Gasteiger partial charge in [-0.3, -0.25) is 4.79 Å². The molecule has 2 N–H and O–H groups in total. The molecule has 2 aromatic rings. The maximum atomic E-state index is 12.5. The molecule has 0 saturated carbocycles. The average Bonchev–Trinajstić information content (AvgIpc) is 3.13. The summed E-state index contributed by atoms with van der Waals surface area (Å²) in [5.41, 5.74) is 2.06. The van der Waals surface area contributed by atoms with Gasteiger partial charge in [-0.25, -0.2) is 0 Å². The Kier molecular flexibility index (Phi) is 3.47. The SMILES string of the molecule is Cc1ccc(-c2nnco2)cc1NC(=O)C1(C)CCCN1. The third-order valence-corrected chi connectivity index (χ3v) is 3.96. The largest absolute Gasteiger partial charge is 0.423 e. The Balaban J connectivity index is 1.85. The third-order valence-electron chi connectivity index (χ3n) is 3.96. The average molecular weight is 286 g/mol. The molecule has 110 valence electrons. The van der Waals surface area contributed by atoms with Crippen molar-refractivity contribution < 1.29 is 9.21 Å². The van der Waals surface area contributed by atoms with E-state index >= 15 is 0 Å². The van der Waals surface area contributed by atoms with Crippen molar-refractivity contribution in [2.24, 2.45) is 0 Å². The minimum absolute atomic E-state index is 0.00854. The topological polar surface area (TPSA) is 80.1 Å². The van der Waals surface area contributed by atoms with E-state index in [-0.39, 0.29) is 5.91 Å². The molecule has 1 atom stereocenters. The highest BCUT2D eigenvalue weighted by Crippen LogP contribution is 2.26. The van der Waals surface area contributed by atoms with Crippen LogP contribution in [0, 0.1) is 6.92 Å². The van der Waals surface area contributed by atoms with E-state index in [0.717, 1.165) is 36.2 Å². The van der Waals surface area contributed by atoms with Crippen molar-refractivity contribution in [3.63, 3.8) is 0 Å². The van der Waals surface area contributed by atoms with Gasteiger partial charge in [-0.1, -0.05) is 6.07 Å². The lowest BCUT2D eigenvalue weighted by atomic mass is 9.99. The number of rotatable bonds is 3. The van der Waals surface area contributed by atoms with Crippen LogP contribution in [0.5, 0.6) is 0 Å². The third kappa shape index (κ3) is 2.67. The molecule has 2 heterocycles. The van der Waals surface area contributed by atoms with Crippen molar-refractivity contribution in [2.45, 2.75) is 32.2 Å². The van der Waals surface area contributed by atoms with Gasteiger partial charge in [0.05, 0.1) is 5.54 Å². The molecule has 1 fully saturated rings. The number of aromatic nitrogens is 2. The first-order valence-corrected chi connectivity index (χ1v) is 7.02. The number of anilines is 1. The van der Waals surface area contributed by atoms with Crippen molar-refractivity contribution in [3.05, 3.63) is 30.2 Å². The van der Waals surface area contributed by atoms with E-state index in [9.17, 15) is 4.79 Å². The molecule has 1 aliphatic rings. The minimum Gasteiger partial charge on any atom is -0.423 e. The quantitative estimate of drug-likeness (QED) is 0.903. The van der Waals surface area contributed by atoms with Crippen LogP contribution >= 0.6 is 0 Å². The summed E-state index contributed by atoms with van der Waals surface area (Å²) in [6.07, 6.45) is 3.16. The van der Waals surface area contributed by atoms with Crippen molar-refractivity contribution >= 4 is 11.6 Å².